The Balaban J connectivity index is 1.67. The molecule has 1 atom stereocenters. The summed E-state index contributed by atoms with van der Waals surface area (Å²) in [5, 5.41) is 3.43. The van der Waals surface area contributed by atoms with Crippen molar-refractivity contribution >= 4 is 23.2 Å². The van der Waals surface area contributed by atoms with Gasteiger partial charge in [0.25, 0.3) is 0 Å². The molecule has 28 heavy (non-hydrogen) atoms. The lowest BCUT2D eigenvalue weighted by Gasteiger charge is -2.30. The van der Waals surface area contributed by atoms with Gasteiger partial charge in [-0.15, -0.1) is 0 Å². The van der Waals surface area contributed by atoms with E-state index < -0.39 is 0 Å². The Morgan fingerprint density at radius 1 is 1.25 bits per heavy atom. The first-order valence-electron chi connectivity index (χ1n) is 9.37. The zero-order valence-corrected chi connectivity index (χ0v) is 16.9. The summed E-state index contributed by atoms with van der Waals surface area (Å²) >= 11 is 6.12. The normalized spacial score (nSPS) is 17.2. The molecule has 7 heteroatoms. The molecule has 150 valence electrons. The standard InChI is InChI=1S/C21H25ClN2O4/c1-3-26-17-5-7-18(8-6-17)28-20-9-4-16(22)12-19(20)23-21(25)14-24-10-11-27-15(2)13-24/h4-9,12,15H,3,10-11,13-14H2,1-2H3,(H,23,25). The number of anilines is 1. The number of hydrogen-bond donors (Lipinski definition) is 1. The average Bonchev–Trinajstić information content (AvgIpc) is 2.65. The Morgan fingerprint density at radius 2 is 2.00 bits per heavy atom. The van der Waals surface area contributed by atoms with E-state index in [1.807, 2.05) is 38.1 Å². The van der Waals surface area contributed by atoms with Crippen LogP contribution in [0.1, 0.15) is 13.8 Å². The maximum Gasteiger partial charge on any atom is 0.238 e. The lowest BCUT2D eigenvalue weighted by atomic mass is 10.2. The van der Waals surface area contributed by atoms with Crippen molar-refractivity contribution in [1.82, 2.24) is 4.90 Å². The highest BCUT2D eigenvalue weighted by Crippen LogP contribution is 2.32. The van der Waals surface area contributed by atoms with Gasteiger partial charge in [0.2, 0.25) is 5.91 Å². The van der Waals surface area contributed by atoms with Crippen molar-refractivity contribution in [3.05, 3.63) is 47.5 Å². The van der Waals surface area contributed by atoms with Crippen LogP contribution in [-0.2, 0) is 9.53 Å². The smallest absolute Gasteiger partial charge is 0.238 e. The van der Waals surface area contributed by atoms with E-state index in [-0.39, 0.29) is 12.0 Å². The molecule has 0 bridgehead atoms. The molecule has 0 aromatic heterocycles. The second-order valence-electron chi connectivity index (χ2n) is 6.61. The van der Waals surface area contributed by atoms with Crippen molar-refractivity contribution in [2.45, 2.75) is 20.0 Å². The molecule has 3 rings (SSSR count). The van der Waals surface area contributed by atoms with E-state index in [4.69, 9.17) is 25.8 Å². The van der Waals surface area contributed by atoms with Crippen LogP contribution < -0.4 is 14.8 Å². The first-order valence-corrected chi connectivity index (χ1v) is 9.75. The molecule has 0 saturated carbocycles. The Labute approximate surface area is 170 Å². The van der Waals surface area contributed by atoms with E-state index in [0.717, 1.165) is 18.8 Å². The molecule has 1 N–H and O–H groups in total. The zero-order chi connectivity index (χ0) is 19.9. The molecule has 0 spiro atoms. The van der Waals surface area contributed by atoms with Crippen LogP contribution in [-0.4, -0.2) is 49.8 Å². The van der Waals surface area contributed by atoms with E-state index >= 15 is 0 Å². The number of rotatable bonds is 7. The first kappa shape index (κ1) is 20.5. The quantitative estimate of drug-likeness (QED) is 0.749. The third-order valence-electron chi connectivity index (χ3n) is 4.27. The highest BCUT2D eigenvalue weighted by Gasteiger charge is 2.19. The van der Waals surface area contributed by atoms with Gasteiger partial charge in [0.05, 0.1) is 31.5 Å². The molecule has 1 aliphatic heterocycles. The van der Waals surface area contributed by atoms with Gasteiger partial charge in [0.1, 0.15) is 11.5 Å². The van der Waals surface area contributed by atoms with E-state index in [0.29, 0.717) is 42.0 Å². The predicted molar refractivity (Wildman–Crippen MR) is 110 cm³/mol. The molecule has 1 saturated heterocycles. The Morgan fingerprint density at radius 3 is 2.71 bits per heavy atom. The molecule has 1 aliphatic rings. The molecule has 6 nitrogen and oxygen atoms in total. The minimum Gasteiger partial charge on any atom is -0.494 e. The summed E-state index contributed by atoms with van der Waals surface area (Å²) in [4.78, 5) is 14.6. The summed E-state index contributed by atoms with van der Waals surface area (Å²) in [5.41, 5.74) is 0.535. The van der Waals surface area contributed by atoms with Gasteiger partial charge in [0.15, 0.2) is 5.75 Å². The second-order valence-corrected chi connectivity index (χ2v) is 7.05. The highest BCUT2D eigenvalue weighted by atomic mass is 35.5. The minimum atomic E-state index is -0.118. The van der Waals surface area contributed by atoms with Gasteiger partial charge in [-0.05, 0) is 56.3 Å². The molecule has 1 unspecified atom stereocenters. The summed E-state index contributed by atoms with van der Waals surface area (Å²) in [5.74, 6) is 1.83. The van der Waals surface area contributed by atoms with Crippen molar-refractivity contribution in [2.75, 3.05) is 38.2 Å². The minimum absolute atomic E-state index is 0.118. The summed E-state index contributed by atoms with van der Waals surface area (Å²) in [6.45, 7) is 6.95. The van der Waals surface area contributed by atoms with Gasteiger partial charge < -0.3 is 19.5 Å². The number of carbonyl (C=O) groups excluding carboxylic acids is 1. The largest absolute Gasteiger partial charge is 0.494 e. The van der Waals surface area contributed by atoms with Crippen molar-refractivity contribution in [1.29, 1.82) is 0 Å². The van der Waals surface area contributed by atoms with Gasteiger partial charge >= 0.3 is 0 Å². The Bertz CT molecular complexity index is 797. The Kier molecular flexibility index (Phi) is 7.14. The van der Waals surface area contributed by atoms with Crippen LogP contribution in [0.3, 0.4) is 0 Å². The topological polar surface area (TPSA) is 60.0 Å². The number of nitrogens with zero attached hydrogens (tertiary/aromatic N) is 1. The van der Waals surface area contributed by atoms with Gasteiger partial charge in [-0.25, -0.2) is 0 Å². The number of carbonyl (C=O) groups is 1. The van der Waals surface area contributed by atoms with E-state index in [2.05, 4.69) is 10.2 Å². The van der Waals surface area contributed by atoms with Crippen molar-refractivity contribution in [3.63, 3.8) is 0 Å². The number of halogens is 1. The number of amides is 1. The van der Waals surface area contributed by atoms with Gasteiger partial charge in [-0.2, -0.15) is 0 Å². The molecular formula is C21H25ClN2O4. The number of benzene rings is 2. The third-order valence-corrected chi connectivity index (χ3v) is 4.51. The van der Waals surface area contributed by atoms with Crippen molar-refractivity contribution in [2.24, 2.45) is 0 Å². The SMILES string of the molecule is CCOc1ccc(Oc2ccc(Cl)cc2NC(=O)CN2CCOC(C)C2)cc1. The first-order chi connectivity index (χ1) is 13.5. The molecule has 2 aromatic rings. The van der Waals surface area contributed by atoms with Crippen LogP contribution in [0.5, 0.6) is 17.2 Å². The lowest BCUT2D eigenvalue weighted by Crippen LogP contribution is -2.44. The van der Waals surface area contributed by atoms with Crippen LogP contribution in [0.2, 0.25) is 5.02 Å². The van der Waals surface area contributed by atoms with Crippen LogP contribution in [0, 0.1) is 0 Å². The second kappa shape index (κ2) is 9.78. The van der Waals surface area contributed by atoms with Crippen molar-refractivity contribution in [3.8, 4) is 17.2 Å². The van der Waals surface area contributed by atoms with Crippen LogP contribution in [0.25, 0.3) is 0 Å². The van der Waals surface area contributed by atoms with Crippen molar-refractivity contribution < 1.29 is 19.0 Å². The molecular weight excluding hydrogens is 380 g/mol. The summed E-state index contributed by atoms with van der Waals surface area (Å²) in [7, 11) is 0. The lowest BCUT2D eigenvalue weighted by molar-refractivity contribution is -0.119. The zero-order valence-electron chi connectivity index (χ0n) is 16.1. The van der Waals surface area contributed by atoms with Gasteiger partial charge in [-0.3, -0.25) is 9.69 Å². The summed E-state index contributed by atoms with van der Waals surface area (Å²) in [6, 6.07) is 12.5. The van der Waals surface area contributed by atoms with E-state index in [1.54, 1.807) is 18.2 Å². The molecule has 0 radical (unpaired) electrons. The van der Waals surface area contributed by atoms with E-state index in [9.17, 15) is 4.79 Å². The number of hydrogen-bond acceptors (Lipinski definition) is 5. The van der Waals surface area contributed by atoms with Crippen LogP contribution in [0.4, 0.5) is 5.69 Å². The maximum absolute atomic E-state index is 12.5. The van der Waals surface area contributed by atoms with Crippen LogP contribution in [0.15, 0.2) is 42.5 Å². The summed E-state index contributed by atoms with van der Waals surface area (Å²) < 4.78 is 16.9. The predicted octanol–water partition coefficient (Wildman–Crippen LogP) is 4.19. The molecule has 2 aromatic carbocycles. The fourth-order valence-corrected chi connectivity index (χ4v) is 3.19. The van der Waals surface area contributed by atoms with Gasteiger partial charge in [-0.1, -0.05) is 11.6 Å². The Hall–Kier alpha value is -2.28. The molecule has 0 aliphatic carbocycles. The monoisotopic (exact) mass is 404 g/mol. The van der Waals surface area contributed by atoms with Crippen LogP contribution >= 0.6 is 11.6 Å². The highest BCUT2D eigenvalue weighted by molar-refractivity contribution is 6.31. The molecule has 1 fully saturated rings. The van der Waals surface area contributed by atoms with Gasteiger partial charge in [0, 0.05) is 18.1 Å². The molecule has 1 heterocycles. The molecule has 1 amide bonds. The number of morpholine rings is 1. The number of nitrogens with one attached hydrogen (secondary N) is 1. The third kappa shape index (κ3) is 5.86. The summed E-state index contributed by atoms with van der Waals surface area (Å²) in [6.07, 6.45) is 0.131. The fraction of sp³-hybridized carbons (Fsp3) is 0.381. The maximum atomic E-state index is 12.5. The van der Waals surface area contributed by atoms with E-state index in [1.165, 1.54) is 0 Å². The average molecular weight is 405 g/mol. The fourth-order valence-electron chi connectivity index (χ4n) is 3.01. The number of ether oxygens (including phenoxy) is 3.